The van der Waals surface area contributed by atoms with Gasteiger partial charge in [-0.05, 0) is 62.4 Å². The van der Waals surface area contributed by atoms with Gasteiger partial charge in [0.15, 0.2) is 9.84 Å². The molecule has 2 saturated heterocycles. The van der Waals surface area contributed by atoms with E-state index in [9.17, 15) is 8.42 Å². The first-order chi connectivity index (χ1) is 7.64. The van der Waals surface area contributed by atoms with Crippen LogP contribution in [0.1, 0.15) is 25.7 Å². The standard InChI is InChI=1S/C12H21NO2S/c14-16(15)3-1-2-9(8-16)10-4-11-6-13-7-12(11)5-10/h9-13H,1-8H2. The van der Waals surface area contributed by atoms with E-state index in [0.717, 1.165) is 24.7 Å². The van der Waals surface area contributed by atoms with Crippen molar-refractivity contribution in [3.8, 4) is 0 Å². The first-order valence-corrected chi connectivity index (χ1v) is 8.37. The molecular formula is C12H21NO2S. The van der Waals surface area contributed by atoms with Crippen molar-refractivity contribution >= 4 is 9.84 Å². The Kier molecular flexibility index (Phi) is 2.75. The van der Waals surface area contributed by atoms with Gasteiger partial charge in [0, 0.05) is 0 Å². The lowest BCUT2D eigenvalue weighted by molar-refractivity contribution is 0.317. The van der Waals surface area contributed by atoms with Gasteiger partial charge >= 0.3 is 0 Å². The van der Waals surface area contributed by atoms with E-state index in [1.807, 2.05) is 0 Å². The fourth-order valence-electron chi connectivity index (χ4n) is 4.03. The third kappa shape index (κ3) is 2.02. The Hall–Kier alpha value is -0.0900. The molecule has 1 N–H and O–H groups in total. The number of hydrogen-bond donors (Lipinski definition) is 1. The van der Waals surface area contributed by atoms with E-state index in [2.05, 4.69) is 5.32 Å². The quantitative estimate of drug-likeness (QED) is 0.749. The predicted molar refractivity (Wildman–Crippen MR) is 64.0 cm³/mol. The van der Waals surface area contributed by atoms with E-state index in [1.165, 1.54) is 25.9 Å². The molecule has 16 heavy (non-hydrogen) atoms. The van der Waals surface area contributed by atoms with Crippen LogP contribution in [-0.4, -0.2) is 33.0 Å². The average Bonchev–Trinajstić information content (AvgIpc) is 2.74. The molecule has 0 aromatic rings. The Morgan fingerprint density at radius 2 is 1.62 bits per heavy atom. The van der Waals surface area contributed by atoms with Gasteiger partial charge in [0.25, 0.3) is 0 Å². The van der Waals surface area contributed by atoms with Gasteiger partial charge in [-0.1, -0.05) is 0 Å². The van der Waals surface area contributed by atoms with Crippen molar-refractivity contribution in [1.29, 1.82) is 0 Å². The van der Waals surface area contributed by atoms with Gasteiger partial charge in [0.05, 0.1) is 11.5 Å². The highest BCUT2D eigenvalue weighted by Gasteiger charge is 2.42. The Labute approximate surface area is 97.9 Å². The molecular weight excluding hydrogens is 222 g/mol. The Balaban J connectivity index is 1.66. The maximum Gasteiger partial charge on any atom is 0.150 e. The van der Waals surface area contributed by atoms with Gasteiger partial charge < -0.3 is 5.32 Å². The second kappa shape index (κ2) is 3.98. The van der Waals surface area contributed by atoms with Gasteiger partial charge in [-0.15, -0.1) is 0 Å². The van der Waals surface area contributed by atoms with Crippen LogP contribution < -0.4 is 5.32 Å². The maximum atomic E-state index is 11.7. The van der Waals surface area contributed by atoms with Gasteiger partial charge in [-0.25, -0.2) is 8.42 Å². The normalized spacial score (nSPS) is 46.8. The first kappa shape index (κ1) is 11.0. The number of sulfone groups is 1. The molecule has 0 bridgehead atoms. The minimum absolute atomic E-state index is 0.435. The van der Waals surface area contributed by atoms with Crippen LogP contribution >= 0.6 is 0 Å². The smallest absolute Gasteiger partial charge is 0.150 e. The predicted octanol–water partition coefficient (Wildman–Crippen LogP) is 1.06. The highest BCUT2D eigenvalue weighted by atomic mass is 32.2. The van der Waals surface area contributed by atoms with Crippen LogP contribution in [0.15, 0.2) is 0 Å². The molecule has 3 rings (SSSR count). The van der Waals surface area contributed by atoms with Crippen molar-refractivity contribution in [3.63, 3.8) is 0 Å². The van der Waals surface area contributed by atoms with Gasteiger partial charge in [0.2, 0.25) is 0 Å². The fraction of sp³-hybridized carbons (Fsp3) is 1.00. The zero-order valence-corrected chi connectivity index (χ0v) is 10.5. The lowest BCUT2D eigenvalue weighted by Gasteiger charge is -2.27. The largest absolute Gasteiger partial charge is 0.316 e. The molecule has 3 aliphatic rings. The molecule has 92 valence electrons. The summed E-state index contributed by atoms with van der Waals surface area (Å²) in [7, 11) is -2.71. The third-order valence-corrected chi connectivity index (χ3v) is 6.70. The second-order valence-corrected chi connectivity index (χ2v) is 8.16. The van der Waals surface area contributed by atoms with Crippen molar-refractivity contribution in [2.45, 2.75) is 25.7 Å². The lowest BCUT2D eigenvalue weighted by atomic mass is 9.87. The summed E-state index contributed by atoms with van der Waals surface area (Å²) in [5, 5.41) is 3.45. The lowest BCUT2D eigenvalue weighted by Crippen LogP contribution is -2.30. The van der Waals surface area contributed by atoms with Crippen LogP contribution in [0.5, 0.6) is 0 Å². The van der Waals surface area contributed by atoms with E-state index in [1.54, 1.807) is 0 Å². The van der Waals surface area contributed by atoms with Crippen molar-refractivity contribution in [2.24, 2.45) is 23.7 Å². The number of fused-ring (bicyclic) bond motifs is 1. The summed E-state index contributed by atoms with van der Waals surface area (Å²) in [4.78, 5) is 0. The molecule has 3 nitrogen and oxygen atoms in total. The van der Waals surface area contributed by atoms with Gasteiger partial charge in [-0.2, -0.15) is 0 Å². The van der Waals surface area contributed by atoms with Crippen LogP contribution in [0.25, 0.3) is 0 Å². The van der Waals surface area contributed by atoms with Gasteiger partial charge in [-0.3, -0.25) is 0 Å². The number of nitrogens with one attached hydrogen (secondary N) is 1. The Bertz CT molecular complexity index is 353. The van der Waals surface area contributed by atoms with E-state index < -0.39 is 9.84 Å². The summed E-state index contributed by atoms with van der Waals surface area (Å²) < 4.78 is 23.3. The third-order valence-electron chi connectivity index (χ3n) is 4.86. The molecule has 0 amide bonds. The molecule has 3 unspecified atom stereocenters. The van der Waals surface area contributed by atoms with Crippen molar-refractivity contribution in [2.75, 3.05) is 24.6 Å². The molecule has 3 atom stereocenters. The highest BCUT2D eigenvalue weighted by molar-refractivity contribution is 7.91. The summed E-state index contributed by atoms with van der Waals surface area (Å²) in [6, 6.07) is 0. The fourth-order valence-corrected chi connectivity index (χ4v) is 5.89. The summed E-state index contributed by atoms with van der Waals surface area (Å²) in [5.74, 6) is 3.77. The van der Waals surface area contributed by atoms with Crippen molar-refractivity contribution < 1.29 is 8.42 Å². The highest BCUT2D eigenvalue weighted by Crippen LogP contribution is 2.44. The summed E-state index contributed by atoms with van der Waals surface area (Å²) >= 11 is 0. The van der Waals surface area contributed by atoms with E-state index in [0.29, 0.717) is 23.3 Å². The first-order valence-electron chi connectivity index (χ1n) is 6.55. The zero-order chi connectivity index (χ0) is 11.2. The summed E-state index contributed by atoms with van der Waals surface area (Å²) in [6.07, 6.45) is 4.60. The van der Waals surface area contributed by atoms with E-state index in [-0.39, 0.29) is 0 Å². The molecule has 1 saturated carbocycles. The van der Waals surface area contributed by atoms with Crippen molar-refractivity contribution in [3.05, 3.63) is 0 Å². The van der Waals surface area contributed by atoms with Crippen LogP contribution in [0.2, 0.25) is 0 Å². The Morgan fingerprint density at radius 3 is 2.25 bits per heavy atom. The zero-order valence-electron chi connectivity index (χ0n) is 9.69. The van der Waals surface area contributed by atoms with Crippen LogP contribution in [-0.2, 0) is 9.84 Å². The van der Waals surface area contributed by atoms with E-state index in [4.69, 9.17) is 0 Å². The van der Waals surface area contributed by atoms with Crippen LogP contribution in [0, 0.1) is 23.7 Å². The molecule has 0 aromatic heterocycles. The average molecular weight is 243 g/mol. The van der Waals surface area contributed by atoms with Crippen LogP contribution in [0.3, 0.4) is 0 Å². The monoisotopic (exact) mass is 243 g/mol. The molecule has 3 fully saturated rings. The molecule has 0 radical (unpaired) electrons. The van der Waals surface area contributed by atoms with Crippen molar-refractivity contribution in [1.82, 2.24) is 5.32 Å². The molecule has 2 heterocycles. The SMILES string of the molecule is O=S1(=O)CCCC(C2CC3CNCC3C2)C1. The van der Waals surface area contributed by atoms with E-state index >= 15 is 0 Å². The number of hydrogen-bond acceptors (Lipinski definition) is 3. The number of rotatable bonds is 1. The molecule has 0 aromatic carbocycles. The van der Waals surface area contributed by atoms with Crippen LogP contribution in [0.4, 0.5) is 0 Å². The summed E-state index contributed by atoms with van der Waals surface area (Å²) in [6.45, 7) is 2.33. The minimum atomic E-state index is -2.71. The minimum Gasteiger partial charge on any atom is -0.316 e. The maximum absolute atomic E-state index is 11.7. The Morgan fingerprint density at radius 1 is 0.938 bits per heavy atom. The summed E-state index contributed by atoms with van der Waals surface area (Å²) in [5.41, 5.74) is 0. The molecule has 4 heteroatoms. The molecule has 2 aliphatic heterocycles. The molecule has 0 spiro atoms. The molecule has 1 aliphatic carbocycles. The van der Waals surface area contributed by atoms with Gasteiger partial charge in [0.1, 0.15) is 0 Å². The second-order valence-electron chi connectivity index (χ2n) is 5.93. The topological polar surface area (TPSA) is 46.2 Å².